The summed E-state index contributed by atoms with van der Waals surface area (Å²) in [5.41, 5.74) is 2.34. The largest absolute Gasteiger partial charge is 0.381 e. The SMILES string of the molecule is CC1(C)CCCN2c3cc(F)c(Br)cc3NCC21. The fourth-order valence-corrected chi connectivity index (χ4v) is 3.59. The van der Waals surface area contributed by atoms with Crippen molar-refractivity contribution in [3.8, 4) is 0 Å². The van der Waals surface area contributed by atoms with E-state index in [2.05, 4.69) is 40.0 Å². The number of hydrogen-bond donors (Lipinski definition) is 1. The van der Waals surface area contributed by atoms with Crippen molar-refractivity contribution < 1.29 is 4.39 Å². The molecule has 2 aliphatic heterocycles. The zero-order valence-corrected chi connectivity index (χ0v) is 12.3. The van der Waals surface area contributed by atoms with E-state index in [0.717, 1.165) is 24.5 Å². The summed E-state index contributed by atoms with van der Waals surface area (Å²) < 4.78 is 14.3. The first-order valence-corrected chi connectivity index (χ1v) is 7.28. The first-order chi connectivity index (χ1) is 8.49. The predicted octanol–water partition coefficient (Wildman–Crippen LogP) is 4.01. The maximum atomic E-state index is 13.8. The fraction of sp³-hybridized carbons (Fsp3) is 0.571. The van der Waals surface area contributed by atoms with Crippen LogP contribution in [-0.4, -0.2) is 19.1 Å². The summed E-state index contributed by atoms with van der Waals surface area (Å²) in [4.78, 5) is 2.38. The Morgan fingerprint density at radius 1 is 1.44 bits per heavy atom. The smallest absolute Gasteiger partial charge is 0.139 e. The van der Waals surface area contributed by atoms with E-state index in [0.29, 0.717) is 10.5 Å². The molecular formula is C14H18BrFN2. The zero-order chi connectivity index (χ0) is 12.9. The second-order valence-corrected chi connectivity index (χ2v) is 6.82. The highest BCUT2D eigenvalue weighted by molar-refractivity contribution is 9.10. The number of benzene rings is 1. The number of anilines is 2. The molecule has 1 atom stereocenters. The van der Waals surface area contributed by atoms with Gasteiger partial charge in [-0.15, -0.1) is 0 Å². The van der Waals surface area contributed by atoms with Crippen LogP contribution in [-0.2, 0) is 0 Å². The van der Waals surface area contributed by atoms with Crippen LogP contribution in [0.5, 0.6) is 0 Å². The molecular weight excluding hydrogens is 295 g/mol. The topological polar surface area (TPSA) is 15.3 Å². The first kappa shape index (κ1) is 12.3. The van der Waals surface area contributed by atoms with E-state index in [9.17, 15) is 4.39 Å². The molecule has 2 aliphatic rings. The Kier molecular flexibility index (Phi) is 2.81. The fourth-order valence-electron chi connectivity index (χ4n) is 3.25. The third-order valence-electron chi connectivity index (χ3n) is 4.33. The monoisotopic (exact) mass is 312 g/mol. The van der Waals surface area contributed by atoms with Gasteiger partial charge in [0.05, 0.1) is 21.9 Å². The maximum absolute atomic E-state index is 13.8. The average molecular weight is 313 g/mol. The molecule has 0 aliphatic carbocycles. The van der Waals surface area contributed by atoms with Gasteiger partial charge in [0.15, 0.2) is 0 Å². The molecule has 1 saturated heterocycles. The van der Waals surface area contributed by atoms with Crippen molar-refractivity contribution >= 4 is 27.3 Å². The lowest BCUT2D eigenvalue weighted by molar-refractivity contribution is 0.217. The van der Waals surface area contributed by atoms with Crippen molar-refractivity contribution in [3.63, 3.8) is 0 Å². The van der Waals surface area contributed by atoms with Gasteiger partial charge in [-0.05, 0) is 40.3 Å². The Hall–Kier alpha value is -0.770. The normalized spacial score (nSPS) is 25.1. The molecule has 1 fully saturated rings. The van der Waals surface area contributed by atoms with Crippen LogP contribution >= 0.6 is 15.9 Å². The lowest BCUT2D eigenvalue weighted by Crippen LogP contribution is -2.55. The number of nitrogens with one attached hydrogen (secondary N) is 1. The molecule has 4 heteroatoms. The Morgan fingerprint density at radius 2 is 2.22 bits per heavy atom. The van der Waals surface area contributed by atoms with E-state index in [1.54, 1.807) is 6.07 Å². The maximum Gasteiger partial charge on any atom is 0.139 e. The van der Waals surface area contributed by atoms with Crippen molar-refractivity contribution in [2.75, 3.05) is 23.3 Å². The van der Waals surface area contributed by atoms with Gasteiger partial charge in [0, 0.05) is 19.2 Å². The van der Waals surface area contributed by atoms with Gasteiger partial charge in [-0.3, -0.25) is 0 Å². The van der Waals surface area contributed by atoms with E-state index < -0.39 is 0 Å². The van der Waals surface area contributed by atoms with Gasteiger partial charge in [0.1, 0.15) is 5.82 Å². The predicted molar refractivity (Wildman–Crippen MR) is 76.7 cm³/mol. The van der Waals surface area contributed by atoms with E-state index in [1.807, 2.05) is 6.07 Å². The molecule has 3 rings (SSSR count). The van der Waals surface area contributed by atoms with Gasteiger partial charge >= 0.3 is 0 Å². The third kappa shape index (κ3) is 1.81. The molecule has 98 valence electrons. The van der Waals surface area contributed by atoms with Crippen molar-refractivity contribution in [3.05, 3.63) is 22.4 Å². The average Bonchev–Trinajstić information content (AvgIpc) is 2.30. The van der Waals surface area contributed by atoms with Crippen molar-refractivity contribution in [2.45, 2.75) is 32.7 Å². The van der Waals surface area contributed by atoms with Crippen LogP contribution in [0, 0.1) is 11.2 Å². The Bertz CT molecular complexity index is 487. The van der Waals surface area contributed by atoms with Gasteiger partial charge in [-0.25, -0.2) is 4.39 Å². The van der Waals surface area contributed by atoms with Crippen LogP contribution in [0.1, 0.15) is 26.7 Å². The molecule has 0 saturated carbocycles. The molecule has 1 unspecified atom stereocenters. The minimum Gasteiger partial charge on any atom is -0.381 e. The molecule has 0 radical (unpaired) electrons. The quantitative estimate of drug-likeness (QED) is 0.778. The van der Waals surface area contributed by atoms with Gasteiger partial charge in [-0.1, -0.05) is 13.8 Å². The first-order valence-electron chi connectivity index (χ1n) is 6.48. The van der Waals surface area contributed by atoms with Crippen LogP contribution in [0.15, 0.2) is 16.6 Å². The Labute approximate surface area is 116 Å². The molecule has 0 bridgehead atoms. The van der Waals surface area contributed by atoms with Gasteiger partial charge in [-0.2, -0.15) is 0 Å². The minimum atomic E-state index is -0.181. The zero-order valence-electron chi connectivity index (χ0n) is 10.8. The molecule has 0 spiro atoms. The number of hydrogen-bond acceptors (Lipinski definition) is 2. The standard InChI is InChI=1S/C14H18BrFN2/c1-14(2)4-3-5-18-12-7-10(16)9(15)6-11(12)17-8-13(14)18/h6-7,13,17H,3-5,8H2,1-2H3. The van der Waals surface area contributed by atoms with Gasteiger partial charge in [0.2, 0.25) is 0 Å². The third-order valence-corrected chi connectivity index (χ3v) is 4.94. The van der Waals surface area contributed by atoms with E-state index >= 15 is 0 Å². The second-order valence-electron chi connectivity index (χ2n) is 5.97. The highest BCUT2D eigenvalue weighted by Gasteiger charge is 2.40. The summed E-state index contributed by atoms with van der Waals surface area (Å²) in [6.07, 6.45) is 2.42. The minimum absolute atomic E-state index is 0.181. The molecule has 0 aromatic heterocycles. The number of nitrogens with zero attached hydrogens (tertiary/aromatic N) is 1. The number of piperidine rings is 1. The molecule has 0 amide bonds. The summed E-state index contributed by atoms with van der Waals surface area (Å²) in [5, 5.41) is 3.45. The lowest BCUT2D eigenvalue weighted by atomic mass is 9.75. The molecule has 18 heavy (non-hydrogen) atoms. The molecule has 1 aromatic carbocycles. The summed E-state index contributed by atoms with van der Waals surface area (Å²) in [6, 6.07) is 3.96. The summed E-state index contributed by atoms with van der Waals surface area (Å²) in [6.45, 7) is 6.60. The van der Waals surface area contributed by atoms with Crippen molar-refractivity contribution in [2.24, 2.45) is 5.41 Å². The number of rotatable bonds is 0. The molecule has 2 heterocycles. The van der Waals surface area contributed by atoms with Crippen molar-refractivity contribution in [1.29, 1.82) is 0 Å². The van der Waals surface area contributed by atoms with Crippen LogP contribution in [0.3, 0.4) is 0 Å². The van der Waals surface area contributed by atoms with Gasteiger partial charge in [0.25, 0.3) is 0 Å². The van der Waals surface area contributed by atoms with E-state index in [1.165, 1.54) is 12.8 Å². The summed E-state index contributed by atoms with van der Waals surface area (Å²) in [7, 11) is 0. The summed E-state index contributed by atoms with van der Waals surface area (Å²) in [5.74, 6) is -0.181. The second kappa shape index (κ2) is 4.12. The highest BCUT2D eigenvalue weighted by atomic mass is 79.9. The van der Waals surface area contributed by atoms with Gasteiger partial charge < -0.3 is 10.2 Å². The number of fused-ring (bicyclic) bond motifs is 3. The number of halogens is 2. The van der Waals surface area contributed by atoms with E-state index in [-0.39, 0.29) is 11.2 Å². The van der Waals surface area contributed by atoms with Crippen LogP contribution in [0.25, 0.3) is 0 Å². The molecule has 1 aromatic rings. The van der Waals surface area contributed by atoms with Crippen LogP contribution in [0.4, 0.5) is 15.8 Å². The molecule has 1 N–H and O–H groups in total. The van der Waals surface area contributed by atoms with Crippen molar-refractivity contribution in [1.82, 2.24) is 0 Å². The lowest BCUT2D eigenvalue weighted by Gasteiger charge is -2.51. The Morgan fingerprint density at radius 3 is 3.00 bits per heavy atom. The van der Waals surface area contributed by atoms with Crippen LogP contribution < -0.4 is 10.2 Å². The van der Waals surface area contributed by atoms with Crippen LogP contribution in [0.2, 0.25) is 0 Å². The molecule has 2 nitrogen and oxygen atoms in total. The summed E-state index contributed by atoms with van der Waals surface area (Å²) >= 11 is 3.25. The van der Waals surface area contributed by atoms with E-state index in [4.69, 9.17) is 0 Å². The Balaban J connectivity index is 2.05. The highest BCUT2D eigenvalue weighted by Crippen LogP contribution is 2.44.